The first-order valence-electron chi connectivity index (χ1n) is 6.81. The van der Waals surface area contributed by atoms with E-state index in [2.05, 4.69) is 10.6 Å². The smallest absolute Gasteiger partial charge is 0.314 e. The zero-order chi connectivity index (χ0) is 13.4. The van der Waals surface area contributed by atoms with E-state index in [0.717, 1.165) is 6.54 Å². The molecule has 2 amide bonds. The van der Waals surface area contributed by atoms with Gasteiger partial charge in [0, 0.05) is 19.5 Å². The number of hydrogen-bond acceptors (Lipinski definition) is 2. The summed E-state index contributed by atoms with van der Waals surface area (Å²) < 4.78 is 0. The number of carbonyl (C=O) groups excluding carboxylic acids is 1. The fourth-order valence-corrected chi connectivity index (χ4v) is 2.33. The Morgan fingerprint density at radius 1 is 1.22 bits per heavy atom. The molecule has 0 aromatic carbocycles. The lowest BCUT2D eigenvalue weighted by atomic mass is 9.89. The van der Waals surface area contributed by atoms with Crippen LogP contribution in [0.25, 0.3) is 0 Å². The second-order valence-electron chi connectivity index (χ2n) is 5.30. The number of amides is 2. The van der Waals surface area contributed by atoms with Crippen LogP contribution in [-0.2, 0) is 4.79 Å². The quantitative estimate of drug-likeness (QED) is 0.680. The van der Waals surface area contributed by atoms with E-state index in [4.69, 9.17) is 5.11 Å². The van der Waals surface area contributed by atoms with Crippen molar-refractivity contribution < 1.29 is 14.7 Å². The van der Waals surface area contributed by atoms with Crippen molar-refractivity contribution in [1.29, 1.82) is 0 Å². The molecular formula is C13H24N2O3. The Labute approximate surface area is 108 Å². The monoisotopic (exact) mass is 256 g/mol. The van der Waals surface area contributed by atoms with Gasteiger partial charge in [0.25, 0.3) is 0 Å². The van der Waals surface area contributed by atoms with Crippen molar-refractivity contribution >= 4 is 12.0 Å². The van der Waals surface area contributed by atoms with Crippen LogP contribution < -0.4 is 10.6 Å². The van der Waals surface area contributed by atoms with Crippen LogP contribution in [0.1, 0.15) is 45.4 Å². The molecule has 0 spiro atoms. The third-order valence-corrected chi connectivity index (χ3v) is 3.41. The van der Waals surface area contributed by atoms with Crippen molar-refractivity contribution in [2.24, 2.45) is 11.8 Å². The molecule has 0 saturated heterocycles. The van der Waals surface area contributed by atoms with Gasteiger partial charge in [-0.1, -0.05) is 26.2 Å². The van der Waals surface area contributed by atoms with Gasteiger partial charge in [-0.25, -0.2) is 4.79 Å². The zero-order valence-electron chi connectivity index (χ0n) is 11.1. The lowest BCUT2D eigenvalue weighted by molar-refractivity contribution is -0.137. The van der Waals surface area contributed by atoms with Crippen molar-refractivity contribution in [3.8, 4) is 0 Å². The summed E-state index contributed by atoms with van der Waals surface area (Å²) in [6.07, 6.45) is 6.34. The second-order valence-corrected chi connectivity index (χ2v) is 5.30. The Balaban J connectivity index is 2.07. The summed E-state index contributed by atoms with van der Waals surface area (Å²) in [5, 5.41) is 14.2. The summed E-state index contributed by atoms with van der Waals surface area (Å²) in [5.74, 6) is -0.254. The first-order chi connectivity index (χ1) is 8.58. The van der Waals surface area contributed by atoms with E-state index in [9.17, 15) is 9.59 Å². The van der Waals surface area contributed by atoms with E-state index in [1.54, 1.807) is 0 Å². The van der Waals surface area contributed by atoms with E-state index in [-0.39, 0.29) is 18.4 Å². The van der Waals surface area contributed by atoms with Crippen LogP contribution in [-0.4, -0.2) is 30.2 Å². The molecule has 1 saturated carbocycles. The maximum absolute atomic E-state index is 11.5. The predicted octanol–water partition coefficient (Wildman–Crippen LogP) is 1.98. The number of urea groups is 1. The van der Waals surface area contributed by atoms with Crippen LogP contribution in [0.4, 0.5) is 4.79 Å². The van der Waals surface area contributed by atoms with Crippen LogP contribution in [0.3, 0.4) is 0 Å². The van der Waals surface area contributed by atoms with Gasteiger partial charge in [0.1, 0.15) is 0 Å². The minimum absolute atomic E-state index is 0.0390. The molecule has 5 heteroatoms. The van der Waals surface area contributed by atoms with Gasteiger partial charge in [-0.05, 0) is 24.7 Å². The van der Waals surface area contributed by atoms with Gasteiger partial charge in [-0.3, -0.25) is 4.79 Å². The molecule has 1 aliphatic rings. The predicted molar refractivity (Wildman–Crippen MR) is 69.4 cm³/mol. The van der Waals surface area contributed by atoms with Crippen molar-refractivity contribution in [3.05, 3.63) is 0 Å². The molecule has 1 fully saturated rings. The molecule has 1 rings (SSSR count). The van der Waals surface area contributed by atoms with E-state index < -0.39 is 5.97 Å². The van der Waals surface area contributed by atoms with Gasteiger partial charge in [0.15, 0.2) is 0 Å². The van der Waals surface area contributed by atoms with Gasteiger partial charge in [0.05, 0.1) is 0 Å². The zero-order valence-corrected chi connectivity index (χ0v) is 11.1. The first-order valence-corrected chi connectivity index (χ1v) is 6.81. The van der Waals surface area contributed by atoms with Gasteiger partial charge >= 0.3 is 12.0 Å². The third kappa shape index (κ3) is 6.47. The molecule has 1 atom stereocenters. The van der Waals surface area contributed by atoms with Crippen LogP contribution >= 0.6 is 0 Å². The number of nitrogens with one attached hydrogen (secondary N) is 2. The summed E-state index contributed by atoms with van der Waals surface area (Å²) in [5.41, 5.74) is 0. The first kappa shape index (κ1) is 14.8. The van der Waals surface area contributed by atoms with Crippen molar-refractivity contribution in [1.82, 2.24) is 10.6 Å². The summed E-state index contributed by atoms with van der Waals surface area (Å²) in [7, 11) is 0. The number of carbonyl (C=O) groups is 2. The molecule has 3 N–H and O–H groups in total. The number of carboxylic acid groups (broad SMARTS) is 1. The fourth-order valence-electron chi connectivity index (χ4n) is 2.33. The van der Waals surface area contributed by atoms with Gasteiger partial charge < -0.3 is 15.7 Å². The molecule has 0 radical (unpaired) electrons. The number of carboxylic acids is 1. The highest BCUT2D eigenvalue weighted by Crippen LogP contribution is 2.22. The third-order valence-electron chi connectivity index (χ3n) is 3.41. The standard InChI is InChI=1S/C13H24N2O3/c1-10(7-12(16)17)8-14-13(18)15-9-11-5-3-2-4-6-11/h10-11H,2-9H2,1H3,(H,16,17)(H2,14,15,18). The van der Waals surface area contributed by atoms with E-state index in [1.807, 2.05) is 6.92 Å². The minimum atomic E-state index is -0.827. The van der Waals surface area contributed by atoms with Crippen LogP contribution in [0.2, 0.25) is 0 Å². The van der Waals surface area contributed by atoms with Crippen LogP contribution in [0.15, 0.2) is 0 Å². The van der Waals surface area contributed by atoms with Gasteiger partial charge in [0.2, 0.25) is 0 Å². The maximum Gasteiger partial charge on any atom is 0.314 e. The maximum atomic E-state index is 11.5. The molecule has 0 heterocycles. The molecule has 18 heavy (non-hydrogen) atoms. The Morgan fingerprint density at radius 2 is 1.89 bits per heavy atom. The largest absolute Gasteiger partial charge is 0.481 e. The number of rotatable bonds is 6. The van der Waals surface area contributed by atoms with Crippen LogP contribution in [0.5, 0.6) is 0 Å². The lowest BCUT2D eigenvalue weighted by Gasteiger charge is -2.22. The topological polar surface area (TPSA) is 78.4 Å². The Hall–Kier alpha value is -1.26. The van der Waals surface area contributed by atoms with E-state index in [1.165, 1.54) is 32.1 Å². The second kappa shape index (κ2) is 7.95. The van der Waals surface area contributed by atoms with Crippen molar-refractivity contribution in [2.45, 2.75) is 45.4 Å². The Bertz CT molecular complexity index is 275. The average molecular weight is 256 g/mol. The van der Waals surface area contributed by atoms with E-state index in [0.29, 0.717) is 12.5 Å². The molecule has 5 nitrogen and oxygen atoms in total. The Morgan fingerprint density at radius 3 is 2.50 bits per heavy atom. The fraction of sp³-hybridized carbons (Fsp3) is 0.846. The molecule has 0 aliphatic heterocycles. The summed E-state index contributed by atoms with van der Waals surface area (Å²) in [4.78, 5) is 22.0. The molecule has 0 aromatic heterocycles. The van der Waals surface area contributed by atoms with Crippen molar-refractivity contribution in [3.63, 3.8) is 0 Å². The van der Waals surface area contributed by atoms with E-state index >= 15 is 0 Å². The lowest BCUT2D eigenvalue weighted by Crippen LogP contribution is -2.40. The molecule has 1 aliphatic carbocycles. The Kier molecular flexibility index (Phi) is 6.54. The molecule has 104 valence electrons. The molecule has 1 unspecified atom stereocenters. The average Bonchev–Trinajstić information content (AvgIpc) is 2.34. The molecule has 0 bridgehead atoms. The summed E-state index contributed by atoms with van der Waals surface area (Å²) in [6.45, 7) is 2.96. The summed E-state index contributed by atoms with van der Waals surface area (Å²) in [6, 6.07) is -0.183. The highest BCUT2D eigenvalue weighted by molar-refractivity contribution is 5.74. The number of aliphatic carboxylic acids is 1. The number of hydrogen-bond donors (Lipinski definition) is 3. The molecular weight excluding hydrogens is 232 g/mol. The molecule has 0 aromatic rings. The normalized spacial score (nSPS) is 18.1. The van der Waals surface area contributed by atoms with Gasteiger partial charge in [-0.2, -0.15) is 0 Å². The van der Waals surface area contributed by atoms with Crippen LogP contribution in [0, 0.1) is 11.8 Å². The van der Waals surface area contributed by atoms with Gasteiger partial charge in [-0.15, -0.1) is 0 Å². The highest BCUT2D eigenvalue weighted by atomic mass is 16.4. The van der Waals surface area contributed by atoms with Crippen molar-refractivity contribution in [2.75, 3.05) is 13.1 Å². The minimum Gasteiger partial charge on any atom is -0.481 e. The SMILES string of the molecule is CC(CNC(=O)NCC1CCCCC1)CC(=O)O. The summed E-state index contributed by atoms with van der Waals surface area (Å²) >= 11 is 0. The highest BCUT2D eigenvalue weighted by Gasteiger charge is 2.14.